The van der Waals surface area contributed by atoms with Gasteiger partial charge in [-0.25, -0.2) is 0 Å². The molecule has 5 nitrogen and oxygen atoms in total. The molecule has 2 atom stereocenters. The molecule has 0 radical (unpaired) electrons. The van der Waals surface area contributed by atoms with Crippen LogP contribution >= 0.6 is 15.9 Å². The van der Waals surface area contributed by atoms with Crippen molar-refractivity contribution in [3.63, 3.8) is 0 Å². The highest BCUT2D eigenvalue weighted by atomic mass is 79.9. The fraction of sp³-hybridized carbons (Fsp3) is 0.300. The molecule has 6 heteroatoms. The van der Waals surface area contributed by atoms with Crippen molar-refractivity contribution in [3.8, 4) is 17.6 Å². The first kappa shape index (κ1) is 18.3. The van der Waals surface area contributed by atoms with E-state index in [4.69, 9.17) is 9.47 Å². The van der Waals surface area contributed by atoms with Gasteiger partial charge < -0.3 is 14.8 Å². The number of aliphatic imine (C=N–C) groups is 1. The summed E-state index contributed by atoms with van der Waals surface area (Å²) in [5, 5.41) is 13.0. The number of anilines is 1. The van der Waals surface area contributed by atoms with Gasteiger partial charge in [0.15, 0.2) is 11.5 Å². The van der Waals surface area contributed by atoms with E-state index in [2.05, 4.69) is 32.3 Å². The van der Waals surface area contributed by atoms with Gasteiger partial charge in [0, 0.05) is 28.0 Å². The molecule has 0 aromatic heterocycles. The van der Waals surface area contributed by atoms with Gasteiger partial charge in [-0.2, -0.15) is 5.26 Å². The van der Waals surface area contributed by atoms with Crippen molar-refractivity contribution in [2.24, 2.45) is 10.9 Å². The van der Waals surface area contributed by atoms with E-state index in [1.54, 1.807) is 6.21 Å². The van der Waals surface area contributed by atoms with Crippen LogP contribution in [0.1, 0.15) is 25.5 Å². The summed E-state index contributed by atoms with van der Waals surface area (Å²) >= 11 is 3.48. The third-order valence-corrected chi connectivity index (χ3v) is 4.55. The van der Waals surface area contributed by atoms with Crippen molar-refractivity contribution in [1.29, 1.82) is 5.26 Å². The van der Waals surface area contributed by atoms with Crippen LogP contribution in [0.4, 0.5) is 11.4 Å². The summed E-state index contributed by atoms with van der Waals surface area (Å²) in [7, 11) is 0. The number of halogens is 1. The van der Waals surface area contributed by atoms with Crippen molar-refractivity contribution in [2.45, 2.75) is 19.9 Å². The molecular formula is C20H20BrN3O2. The van der Waals surface area contributed by atoms with Gasteiger partial charge in [-0.3, -0.25) is 4.99 Å². The molecule has 3 rings (SSSR count). The molecule has 2 aromatic carbocycles. The number of fused-ring (bicyclic) bond motifs is 1. The average Bonchev–Trinajstić information content (AvgIpc) is 2.63. The van der Waals surface area contributed by atoms with Gasteiger partial charge in [0.25, 0.3) is 0 Å². The predicted molar refractivity (Wildman–Crippen MR) is 107 cm³/mol. The minimum absolute atomic E-state index is 0.225. The quantitative estimate of drug-likeness (QED) is 0.701. The second kappa shape index (κ2) is 8.24. The lowest BCUT2D eigenvalue weighted by molar-refractivity contribution is 0.287. The summed E-state index contributed by atoms with van der Waals surface area (Å²) in [5.41, 5.74) is 2.64. The molecule has 0 aliphatic carbocycles. The minimum Gasteiger partial charge on any atom is -0.490 e. The summed E-state index contributed by atoms with van der Waals surface area (Å²) < 4.78 is 12.4. The van der Waals surface area contributed by atoms with E-state index < -0.39 is 0 Å². The van der Waals surface area contributed by atoms with Gasteiger partial charge in [0.05, 0.1) is 31.0 Å². The number of hydrogen-bond acceptors (Lipinski definition) is 5. The molecule has 0 saturated carbocycles. The fourth-order valence-electron chi connectivity index (χ4n) is 2.94. The second-order valence-electron chi connectivity index (χ2n) is 5.79. The van der Waals surface area contributed by atoms with Crippen LogP contribution in [0.25, 0.3) is 0 Å². The van der Waals surface area contributed by atoms with Crippen LogP contribution in [0.15, 0.2) is 45.9 Å². The van der Waals surface area contributed by atoms with Gasteiger partial charge in [-0.15, -0.1) is 0 Å². The topological polar surface area (TPSA) is 66.6 Å². The largest absolute Gasteiger partial charge is 0.490 e. The first-order valence-electron chi connectivity index (χ1n) is 8.55. The minimum atomic E-state index is -0.381. The van der Waals surface area contributed by atoms with Gasteiger partial charge in [0.2, 0.25) is 0 Å². The molecule has 1 aliphatic rings. The van der Waals surface area contributed by atoms with Crippen LogP contribution in [0.3, 0.4) is 0 Å². The number of nitrogens with one attached hydrogen (secondary N) is 1. The smallest absolute Gasteiger partial charge is 0.163 e. The van der Waals surface area contributed by atoms with Crippen LogP contribution in [0.2, 0.25) is 0 Å². The van der Waals surface area contributed by atoms with E-state index in [0.29, 0.717) is 24.7 Å². The maximum Gasteiger partial charge on any atom is 0.163 e. The number of hydrogen-bond donors (Lipinski definition) is 1. The van der Waals surface area contributed by atoms with Gasteiger partial charge in [-0.05, 0) is 38.1 Å². The Morgan fingerprint density at radius 1 is 1.15 bits per heavy atom. The lowest BCUT2D eigenvalue weighted by atomic mass is 9.90. The van der Waals surface area contributed by atoms with Crippen molar-refractivity contribution >= 4 is 33.5 Å². The Morgan fingerprint density at radius 3 is 2.54 bits per heavy atom. The summed E-state index contributed by atoms with van der Waals surface area (Å²) in [6.45, 7) is 4.95. The molecular weight excluding hydrogens is 394 g/mol. The van der Waals surface area contributed by atoms with E-state index in [-0.39, 0.29) is 12.0 Å². The number of rotatable bonds is 6. The number of benzene rings is 2. The molecule has 134 valence electrons. The maximum atomic E-state index is 9.58. The molecule has 1 N–H and O–H groups in total. The first-order chi connectivity index (χ1) is 12.7. The van der Waals surface area contributed by atoms with Crippen molar-refractivity contribution in [3.05, 3.63) is 46.4 Å². The normalized spacial score (nSPS) is 17.9. The van der Waals surface area contributed by atoms with E-state index in [1.165, 1.54) is 0 Å². The van der Waals surface area contributed by atoms with Crippen LogP contribution < -0.4 is 14.8 Å². The molecule has 1 heterocycles. The highest BCUT2D eigenvalue weighted by Crippen LogP contribution is 2.43. The van der Waals surface area contributed by atoms with Gasteiger partial charge >= 0.3 is 0 Å². The van der Waals surface area contributed by atoms with E-state index in [9.17, 15) is 5.26 Å². The summed E-state index contributed by atoms with van der Waals surface area (Å²) in [4.78, 5) is 4.47. The third kappa shape index (κ3) is 3.83. The summed E-state index contributed by atoms with van der Waals surface area (Å²) in [6.07, 6.45) is 1.69. The molecule has 0 spiro atoms. The zero-order valence-electron chi connectivity index (χ0n) is 14.7. The molecule has 2 unspecified atom stereocenters. The SMILES string of the molecule is CCOc1cc2c(cc1OCC)C(Nc1cccc(Br)c1)C(C#N)C=N2. The third-order valence-electron chi connectivity index (χ3n) is 4.06. The van der Waals surface area contributed by atoms with E-state index in [0.717, 1.165) is 21.4 Å². The van der Waals surface area contributed by atoms with Crippen molar-refractivity contribution < 1.29 is 9.47 Å². The van der Waals surface area contributed by atoms with E-state index >= 15 is 0 Å². The maximum absolute atomic E-state index is 9.58. The number of nitriles is 1. The molecule has 0 saturated heterocycles. The standard InChI is InChI=1S/C20H20BrN3O2/c1-3-25-18-9-16-17(10-19(18)26-4-2)23-12-13(11-22)20(16)24-15-7-5-6-14(21)8-15/h5-10,12-13,20,24H,3-4H2,1-2H3. The summed E-state index contributed by atoms with van der Waals surface area (Å²) in [6, 6.07) is 13.8. The summed E-state index contributed by atoms with van der Waals surface area (Å²) in [5.74, 6) is 0.957. The number of ether oxygens (including phenoxy) is 2. The Hall–Kier alpha value is -2.52. The fourth-order valence-corrected chi connectivity index (χ4v) is 3.34. The van der Waals surface area contributed by atoms with Crippen LogP contribution in [-0.4, -0.2) is 19.4 Å². The second-order valence-corrected chi connectivity index (χ2v) is 6.70. The molecule has 26 heavy (non-hydrogen) atoms. The molecule has 0 fully saturated rings. The van der Waals surface area contributed by atoms with Crippen molar-refractivity contribution in [2.75, 3.05) is 18.5 Å². The average molecular weight is 414 g/mol. The van der Waals surface area contributed by atoms with Crippen LogP contribution in [-0.2, 0) is 0 Å². The number of nitrogens with zero attached hydrogens (tertiary/aromatic N) is 2. The first-order valence-corrected chi connectivity index (χ1v) is 9.35. The van der Waals surface area contributed by atoms with Crippen LogP contribution in [0.5, 0.6) is 11.5 Å². The van der Waals surface area contributed by atoms with Gasteiger partial charge in [-0.1, -0.05) is 22.0 Å². The Labute approximate surface area is 161 Å². The highest BCUT2D eigenvalue weighted by Gasteiger charge is 2.29. The zero-order chi connectivity index (χ0) is 18.5. The molecule has 1 aliphatic heterocycles. The van der Waals surface area contributed by atoms with Gasteiger partial charge in [0.1, 0.15) is 5.92 Å². The van der Waals surface area contributed by atoms with Crippen LogP contribution in [0, 0.1) is 17.2 Å². The highest BCUT2D eigenvalue weighted by molar-refractivity contribution is 9.10. The van der Waals surface area contributed by atoms with Crippen molar-refractivity contribution in [1.82, 2.24) is 0 Å². The monoisotopic (exact) mass is 413 g/mol. The Kier molecular flexibility index (Phi) is 5.79. The molecule has 0 amide bonds. The lowest BCUT2D eigenvalue weighted by Gasteiger charge is -2.28. The molecule has 2 aromatic rings. The Bertz CT molecular complexity index is 861. The predicted octanol–water partition coefficient (Wildman–Crippen LogP) is 5.26. The zero-order valence-corrected chi connectivity index (χ0v) is 16.3. The Morgan fingerprint density at radius 2 is 1.88 bits per heavy atom. The Balaban J connectivity index is 2.03. The van der Waals surface area contributed by atoms with E-state index in [1.807, 2.05) is 50.2 Å². The molecule has 0 bridgehead atoms. The lowest BCUT2D eigenvalue weighted by Crippen LogP contribution is -2.23.